The first kappa shape index (κ1) is 17.8. The Bertz CT molecular complexity index is 890. The van der Waals surface area contributed by atoms with Crippen LogP contribution in [0.2, 0.25) is 5.02 Å². The van der Waals surface area contributed by atoms with E-state index in [0.29, 0.717) is 22.8 Å². The molecule has 0 amide bonds. The van der Waals surface area contributed by atoms with E-state index in [4.69, 9.17) is 16.3 Å². The molecule has 2 aromatic rings. The van der Waals surface area contributed by atoms with Crippen molar-refractivity contribution in [2.24, 2.45) is 0 Å². The smallest absolute Gasteiger partial charge is 0.243 e. The van der Waals surface area contributed by atoms with Gasteiger partial charge in [0.25, 0.3) is 0 Å². The molecule has 2 aliphatic rings. The second kappa shape index (κ2) is 6.83. The van der Waals surface area contributed by atoms with Crippen molar-refractivity contribution in [2.75, 3.05) is 0 Å². The molecule has 1 aromatic heterocycles. The number of ether oxygens (including phenoxy) is 1. The molecule has 2 atom stereocenters. The fraction of sp³-hybridized carbons (Fsp3) is 0.421. The number of aromatic nitrogens is 1. The third-order valence-corrected chi connectivity index (χ3v) is 7.65. The van der Waals surface area contributed by atoms with E-state index in [1.807, 2.05) is 19.1 Å². The number of fused-ring (bicyclic) bond motifs is 2. The highest BCUT2D eigenvalue weighted by Gasteiger charge is 2.48. The number of nitrogens with zero attached hydrogens (tertiary/aromatic N) is 2. The lowest BCUT2D eigenvalue weighted by Crippen LogP contribution is -2.49. The summed E-state index contributed by atoms with van der Waals surface area (Å²) in [4.78, 5) is 4.39. The van der Waals surface area contributed by atoms with Gasteiger partial charge in [-0.25, -0.2) is 8.42 Å². The van der Waals surface area contributed by atoms with Crippen molar-refractivity contribution in [3.8, 4) is 5.75 Å². The molecule has 4 rings (SSSR count). The molecule has 26 heavy (non-hydrogen) atoms. The molecule has 0 spiro atoms. The van der Waals surface area contributed by atoms with Crippen LogP contribution in [-0.4, -0.2) is 35.9 Å². The van der Waals surface area contributed by atoms with Crippen molar-refractivity contribution in [3.05, 3.63) is 53.3 Å². The Morgan fingerprint density at radius 2 is 1.92 bits per heavy atom. The van der Waals surface area contributed by atoms with E-state index in [-0.39, 0.29) is 18.2 Å². The van der Waals surface area contributed by atoms with E-state index >= 15 is 0 Å². The Labute approximate surface area is 159 Å². The van der Waals surface area contributed by atoms with Crippen LogP contribution in [0.5, 0.6) is 5.75 Å². The van der Waals surface area contributed by atoms with Gasteiger partial charge in [0.1, 0.15) is 11.9 Å². The Balaban J connectivity index is 1.57. The zero-order valence-electron chi connectivity index (χ0n) is 14.5. The summed E-state index contributed by atoms with van der Waals surface area (Å²) < 4.78 is 34.3. The molecule has 0 saturated carbocycles. The Hall–Kier alpha value is -1.63. The molecular formula is C19H21ClN2O3S. The number of rotatable bonds is 4. The fourth-order valence-corrected chi connectivity index (χ4v) is 6.53. The average molecular weight is 393 g/mol. The van der Waals surface area contributed by atoms with Gasteiger partial charge in [-0.05, 0) is 49.6 Å². The summed E-state index contributed by atoms with van der Waals surface area (Å²) in [5, 5.41) is 0.441. The summed E-state index contributed by atoms with van der Waals surface area (Å²) in [7, 11) is -3.57. The van der Waals surface area contributed by atoms with Crippen LogP contribution in [0, 0.1) is 6.92 Å². The zero-order chi connectivity index (χ0) is 18.3. The Kier molecular flexibility index (Phi) is 4.67. The summed E-state index contributed by atoms with van der Waals surface area (Å²) in [6.07, 6.45) is 6.56. The van der Waals surface area contributed by atoms with Gasteiger partial charge in [-0.15, -0.1) is 0 Å². The van der Waals surface area contributed by atoms with Crippen molar-refractivity contribution in [1.82, 2.24) is 9.29 Å². The minimum Gasteiger partial charge on any atom is -0.489 e. The Morgan fingerprint density at radius 3 is 2.58 bits per heavy atom. The summed E-state index contributed by atoms with van der Waals surface area (Å²) >= 11 is 6.05. The number of sulfonamides is 1. The number of hydrogen-bond donors (Lipinski definition) is 0. The van der Waals surface area contributed by atoms with Gasteiger partial charge in [0, 0.05) is 36.1 Å². The van der Waals surface area contributed by atoms with Crippen LogP contribution in [0.4, 0.5) is 0 Å². The molecule has 0 N–H and O–H groups in total. The third kappa shape index (κ3) is 3.21. The van der Waals surface area contributed by atoms with Gasteiger partial charge in [-0.2, -0.15) is 4.31 Å². The highest BCUT2D eigenvalue weighted by molar-refractivity contribution is 7.89. The van der Waals surface area contributed by atoms with Gasteiger partial charge in [0.2, 0.25) is 10.0 Å². The highest BCUT2D eigenvalue weighted by Crippen LogP contribution is 2.41. The lowest BCUT2D eigenvalue weighted by molar-refractivity contribution is 0.0953. The van der Waals surface area contributed by atoms with Gasteiger partial charge in [-0.1, -0.05) is 17.7 Å². The lowest BCUT2D eigenvalue weighted by atomic mass is 10.0. The number of hydrogen-bond acceptors (Lipinski definition) is 4. The van der Waals surface area contributed by atoms with Gasteiger partial charge < -0.3 is 4.74 Å². The first-order valence-electron chi connectivity index (χ1n) is 8.81. The molecule has 1 aromatic carbocycles. The highest BCUT2D eigenvalue weighted by atomic mass is 35.5. The quantitative estimate of drug-likeness (QED) is 0.793. The van der Waals surface area contributed by atoms with Gasteiger partial charge in [0.05, 0.1) is 11.1 Å². The maximum absolute atomic E-state index is 13.3. The normalized spacial score (nSPS) is 26.0. The number of piperidine rings is 1. The van der Waals surface area contributed by atoms with Crippen LogP contribution in [0.15, 0.2) is 47.6 Å². The van der Waals surface area contributed by atoms with E-state index in [2.05, 4.69) is 4.98 Å². The molecule has 3 heterocycles. The molecule has 2 unspecified atom stereocenters. The molecule has 2 aliphatic heterocycles. The predicted molar refractivity (Wildman–Crippen MR) is 99.9 cm³/mol. The average Bonchev–Trinajstić information content (AvgIpc) is 2.90. The number of aryl methyl sites for hydroxylation is 1. The van der Waals surface area contributed by atoms with Crippen LogP contribution < -0.4 is 4.74 Å². The molecular weight excluding hydrogens is 372 g/mol. The summed E-state index contributed by atoms with van der Waals surface area (Å²) in [5.41, 5.74) is 0.725. The van der Waals surface area contributed by atoms with Crippen LogP contribution in [0.1, 0.15) is 31.2 Å². The first-order chi connectivity index (χ1) is 12.4. The van der Waals surface area contributed by atoms with Crippen molar-refractivity contribution < 1.29 is 13.2 Å². The van der Waals surface area contributed by atoms with Gasteiger partial charge in [0.15, 0.2) is 0 Å². The monoisotopic (exact) mass is 392 g/mol. The first-order valence-corrected chi connectivity index (χ1v) is 10.6. The van der Waals surface area contributed by atoms with Crippen LogP contribution in [-0.2, 0) is 10.0 Å². The topological polar surface area (TPSA) is 59.5 Å². The second-order valence-electron chi connectivity index (χ2n) is 7.03. The van der Waals surface area contributed by atoms with Crippen LogP contribution in [0.3, 0.4) is 0 Å². The summed E-state index contributed by atoms with van der Waals surface area (Å²) in [6, 6.07) is 8.70. The molecule has 2 saturated heterocycles. The molecule has 2 bridgehead atoms. The molecule has 7 heteroatoms. The Morgan fingerprint density at radius 1 is 1.19 bits per heavy atom. The number of benzene rings is 1. The van der Waals surface area contributed by atoms with Crippen LogP contribution in [0.25, 0.3) is 0 Å². The van der Waals surface area contributed by atoms with Crippen molar-refractivity contribution in [1.29, 1.82) is 0 Å². The van der Waals surface area contributed by atoms with Crippen molar-refractivity contribution in [2.45, 2.75) is 55.7 Å². The molecule has 0 radical (unpaired) electrons. The number of pyridine rings is 1. The zero-order valence-corrected chi connectivity index (χ0v) is 16.1. The lowest BCUT2D eigenvalue weighted by Gasteiger charge is -2.38. The van der Waals surface area contributed by atoms with Crippen molar-refractivity contribution in [3.63, 3.8) is 0 Å². The van der Waals surface area contributed by atoms with E-state index < -0.39 is 10.0 Å². The van der Waals surface area contributed by atoms with Crippen molar-refractivity contribution >= 4 is 21.6 Å². The minimum atomic E-state index is -3.57. The largest absolute Gasteiger partial charge is 0.489 e. The third-order valence-electron chi connectivity index (χ3n) is 5.27. The molecule has 5 nitrogen and oxygen atoms in total. The summed E-state index contributed by atoms with van der Waals surface area (Å²) in [6.45, 7) is 1.81. The maximum atomic E-state index is 13.3. The van der Waals surface area contributed by atoms with E-state index in [9.17, 15) is 8.42 Å². The number of halogens is 1. The van der Waals surface area contributed by atoms with Gasteiger partial charge in [-0.3, -0.25) is 4.98 Å². The molecule has 0 aliphatic carbocycles. The second-order valence-corrected chi connectivity index (χ2v) is 9.28. The van der Waals surface area contributed by atoms with E-state index in [1.54, 1.807) is 34.9 Å². The summed E-state index contributed by atoms with van der Waals surface area (Å²) in [5.74, 6) is 0.735. The van der Waals surface area contributed by atoms with Crippen LogP contribution >= 0.6 is 11.6 Å². The SMILES string of the molecule is Cc1ccc(Cl)cc1S(=O)(=O)N1C2CCC1CC(Oc1cccnc1)C2. The molecule has 138 valence electrons. The fourth-order valence-electron chi connectivity index (χ4n) is 4.15. The van der Waals surface area contributed by atoms with E-state index in [0.717, 1.165) is 24.2 Å². The standard InChI is InChI=1S/C19H21ClN2O3S/c1-13-4-5-14(20)9-19(13)26(23,24)22-15-6-7-16(22)11-18(10-15)25-17-3-2-8-21-12-17/h2-5,8-9,12,15-16,18H,6-7,10-11H2,1H3. The van der Waals surface area contributed by atoms with E-state index in [1.165, 1.54) is 0 Å². The minimum absolute atomic E-state index is 0.0172. The van der Waals surface area contributed by atoms with Gasteiger partial charge >= 0.3 is 0 Å². The predicted octanol–water partition coefficient (Wildman–Crippen LogP) is 3.81. The molecule has 2 fully saturated rings. The maximum Gasteiger partial charge on any atom is 0.243 e.